The fourth-order valence-corrected chi connectivity index (χ4v) is 2.07. The SMILES string of the molecule is COC(=O)c1ccccc1NC(=O)COC(=O)c1ccc(OC(F)(F)F)cc1. The largest absolute Gasteiger partial charge is 0.573 e. The van der Waals surface area contributed by atoms with Gasteiger partial charge in [0.25, 0.3) is 5.91 Å². The van der Waals surface area contributed by atoms with Gasteiger partial charge in [-0.05, 0) is 36.4 Å². The Bertz CT molecular complexity index is 864. The highest BCUT2D eigenvalue weighted by Crippen LogP contribution is 2.23. The van der Waals surface area contributed by atoms with Crippen LogP contribution in [0.15, 0.2) is 48.5 Å². The molecule has 0 unspecified atom stereocenters. The van der Waals surface area contributed by atoms with Crippen molar-refractivity contribution >= 4 is 23.5 Å². The molecule has 1 amide bonds. The van der Waals surface area contributed by atoms with Gasteiger partial charge in [-0.1, -0.05) is 12.1 Å². The number of nitrogens with one attached hydrogen (secondary N) is 1. The third-order valence-electron chi connectivity index (χ3n) is 3.26. The molecule has 0 spiro atoms. The minimum Gasteiger partial charge on any atom is -0.465 e. The van der Waals surface area contributed by atoms with Crippen LogP contribution in [0.3, 0.4) is 0 Å². The molecule has 0 fully saturated rings. The first-order chi connectivity index (χ1) is 13.2. The molecule has 0 bridgehead atoms. The molecule has 0 atom stereocenters. The Morgan fingerprint density at radius 3 is 2.21 bits per heavy atom. The van der Waals surface area contributed by atoms with Gasteiger partial charge in [0.2, 0.25) is 0 Å². The first-order valence-corrected chi connectivity index (χ1v) is 7.70. The minimum absolute atomic E-state index is 0.0720. The van der Waals surface area contributed by atoms with E-state index >= 15 is 0 Å². The van der Waals surface area contributed by atoms with Crippen molar-refractivity contribution < 1.29 is 41.8 Å². The first kappa shape index (κ1) is 20.7. The number of esters is 2. The Hall–Kier alpha value is -3.56. The van der Waals surface area contributed by atoms with E-state index < -0.39 is 36.6 Å². The van der Waals surface area contributed by atoms with Crippen LogP contribution in [0, 0.1) is 0 Å². The van der Waals surface area contributed by atoms with Gasteiger partial charge in [-0.2, -0.15) is 0 Å². The van der Waals surface area contributed by atoms with Crippen molar-refractivity contribution in [3.05, 3.63) is 59.7 Å². The Morgan fingerprint density at radius 2 is 1.61 bits per heavy atom. The summed E-state index contributed by atoms with van der Waals surface area (Å²) >= 11 is 0. The number of benzene rings is 2. The van der Waals surface area contributed by atoms with E-state index in [-0.39, 0.29) is 16.8 Å². The average Bonchev–Trinajstić information content (AvgIpc) is 2.65. The van der Waals surface area contributed by atoms with Gasteiger partial charge in [-0.15, -0.1) is 13.2 Å². The summed E-state index contributed by atoms with van der Waals surface area (Å²) < 4.78 is 49.4. The maximum absolute atomic E-state index is 12.1. The van der Waals surface area contributed by atoms with E-state index in [0.717, 1.165) is 24.3 Å². The van der Waals surface area contributed by atoms with Crippen LogP contribution in [-0.4, -0.2) is 37.9 Å². The van der Waals surface area contributed by atoms with Gasteiger partial charge in [0.05, 0.1) is 23.9 Å². The van der Waals surface area contributed by atoms with E-state index in [1.807, 2.05) is 0 Å². The Labute approximate surface area is 157 Å². The molecule has 0 saturated carbocycles. The molecule has 28 heavy (non-hydrogen) atoms. The van der Waals surface area contributed by atoms with E-state index in [0.29, 0.717) is 0 Å². The molecule has 2 aromatic rings. The van der Waals surface area contributed by atoms with E-state index in [1.54, 1.807) is 12.1 Å². The van der Waals surface area contributed by atoms with Crippen LogP contribution < -0.4 is 10.1 Å². The second-order valence-electron chi connectivity index (χ2n) is 5.23. The molecule has 0 heterocycles. The molecule has 148 valence electrons. The second kappa shape index (κ2) is 8.89. The summed E-state index contributed by atoms with van der Waals surface area (Å²) in [4.78, 5) is 35.5. The highest BCUT2D eigenvalue weighted by molar-refractivity contribution is 6.02. The molecule has 0 aromatic heterocycles. The number of carbonyl (C=O) groups is 3. The van der Waals surface area contributed by atoms with Crippen LogP contribution in [0.4, 0.5) is 18.9 Å². The number of carbonyl (C=O) groups excluding carboxylic acids is 3. The fraction of sp³-hybridized carbons (Fsp3) is 0.167. The monoisotopic (exact) mass is 397 g/mol. The third-order valence-corrected chi connectivity index (χ3v) is 3.26. The van der Waals surface area contributed by atoms with Gasteiger partial charge >= 0.3 is 18.3 Å². The van der Waals surface area contributed by atoms with Crippen molar-refractivity contribution in [2.45, 2.75) is 6.36 Å². The molecular weight excluding hydrogens is 383 g/mol. The fourth-order valence-electron chi connectivity index (χ4n) is 2.07. The van der Waals surface area contributed by atoms with Gasteiger partial charge in [0.15, 0.2) is 6.61 Å². The predicted octanol–water partition coefficient (Wildman–Crippen LogP) is 3.17. The Kier molecular flexibility index (Phi) is 6.59. The van der Waals surface area contributed by atoms with Gasteiger partial charge < -0.3 is 19.5 Å². The van der Waals surface area contributed by atoms with E-state index in [9.17, 15) is 27.6 Å². The standard InChI is InChI=1S/C18H14F3NO6/c1-26-17(25)13-4-2-3-5-14(13)22-15(23)10-27-16(24)11-6-8-12(9-7-11)28-18(19,20)21/h2-9H,10H2,1H3,(H,22,23). The number of methoxy groups -OCH3 is 1. The Balaban J connectivity index is 1.93. The summed E-state index contributed by atoms with van der Waals surface area (Å²) in [5.41, 5.74) is 0.214. The van der Waals surface area contributed by atoms with Gasteiger partial charge in [-0.25, -0.2) is 9.59 Å². The normalized spacial score (nSPS) is 10.7. The zero-order valence-electron chi connectivity index (χ0n) is 14.4. The van der Waals surface area contributed by atoms with Crippen LogP contribution in [0.5, 0.6) is 5.75 Å². The molecule has 1 N–H and O–H groups in total. The second-order valence-corrected chi connectivity index (χ2v) is 5.23. The summed E-state index contributed by atoms with van der Waals surface area (Å²) in [5.74, 6) is -2.80. The van der Waals surface area contributed by atoms with Crippen molar-refractivity contribution in [3.63, 3.8) is 0 Å². The molecular formula is C18H14F3NO6. The molecule has 0 saturated heterocycles. The summed E-state index contributed by atoms with van der Waals surface area (Å²) in [6.45, 7) is -0.671. The highest BCUT2D eigenvalue weighted by atomic mass is 19.4. The van der Waals surface area contributed by atoms with Gasteiger partial charge in [0, 0.05) is 0 Å². The number of halogens is 3. The summed E-state index contributed by atoms with van der Waals surface area (Å²) in [6, 6.07) is 10.1. The molecule has 2 rings (SSSR count). The number of para-hydroxylation sites is 1. The lowest BCUT2D eigenvalue weighted by molar-refractivity contribution is -0.274. The van der Waals surface area contributed by atoms with Crippen LogP contribution in [0.1, 0.15) is 20.7 Å². The first-order valence-electron chi connectivity index (χ1n) is 7.70. The average molecular weight is 397 g/mol. The number of rotatable bonds is 6. The summed E-state index contributed by atoms with van der Waals surface area (Å²) in [6.07, 6.45) is -4.85. The molecule has 0 aliphatic carbocycles. The van der Waals surface area contributed by atoms with Gasteiger partial charge in [-0.3, -0.25) is 4.79 Å². The van der Waals surface area contributed by atoms with E-state index in [2.05, 4.69) is 14.8 Å². The quantitative estimate of drug-likeness (QED) is 0.753. The van der Waals surface area contributed by atoms with Crippen molar-refractivity contribution in [1.82, 2.24) is 0 Å². The summed E-state index contributed by atoms with van der Waals surface area (Å²) in [5, 5.41) is 2.41. The van der Waals surface area contributed by atoms with Crippen LogP contribution in [-0.2, 0) is 14.3 Å². The molecule has 7 nitrogen and oxygen atoms in total. The van der Waals surface area contributed by atoms with Crippen molar-refractivity contribution in [2.75, 3.05) is 19.0 Å². The number of alkyl halides is 3. The summed E-state index contributed by atoms with van der Waals surface area (Å²) in [7, 11) is 1.19. The number of ether oxygens (including phenoxy) is 3. The minimum atomic E-state index is -4.85. The van der Waals surface area contributed by atoms with Crippen LogP contribution >= 0.6 is 0 Å². The smallest absolute Gasteiger partial charge is 0.465 e. The van der Waals surface area contributed by atoms with E-state index in [1.165, 1.54) is 19.2 Å². The number of amides is 1. The molecule has 2 aromatic carbocycles. The third kappa shape index (κ3) is 6.01. The van der Waals surface area contributed by atoms with Crippen LogP contribution in [0.2, 0.25) is 0 Å². The lowest BCUT2D eigenvalue weighted by Gasteiger charge is -2.10. The van der Waals surface area contributed by atoms with Crippen molar-refractivity contribution in [1.29, 1.82) is 0 Å². The number of hydrogen-bond donors (Lipinski definition) is 1. The maximum atomic E-state index is 12.1. The van der Waals surface area contributed by atoms with Crippen molar-refractivity contribution in [2.24, 2.45) is 0 Å². The Morgan fingerprint density at radius 1 is 0.964 bits per heavy atom. The lowest BCUT2D eigenvalue weighted by Crippen LogP contribution is -2.22. The zero-order valence-corrected chi connectivity index (χ0v) is 14.4. The molecule has 10 heteroatoms. The van der Waals surface area contributed by atoms with E-state index in [4.69, 9.17) is 4.74 Å². The van der Waals surface area contributed by atoms with Gasteiger partial charge in [0.1, 0.15) is 5.75 Å². The highest BCUT2D eigenvalue weighted by Gasteiger charge is 2.31. The molecule has 0 aliphatic heterocycles. The predicted molar refractivity (Wildman–Crippen MR) is 89.8 cm³/mol. The lowest BCUT2D eigenvalue weighted by atomic mass is 10.2. The zero-order chi connectivity index (χ0) is 20.7. The molecule has 0 radical (unpaired) electrons. The number of hydrogen-bond acceptors (Lipinski definition) is 6. The topological polar surface area (TPSA) is 90.9 Å². The maximum Gasteiger partial charge on any atom is 0.573 e. The van der Waals surface area contributed by atoms with Crippen LogP contribution in [0.25, 0.3) is 0 Å². The molecule has 0 aliphatic rings. The van der Waals surface area contributed by atoms with Crippen molar-refractivity contribution in [3.8, 4) is 5.75 Å². The number of anilines is 1.